The van der Waals surface area contributed by atoms with Crippen LogP contribution in [-0.2, 0) is 13.2 Å². The number of aliphatic hydroxyl groups excluding tert-OH is 1. The van der Waals surface area contributed by atoms with Crippen LogP contribution in [0.15, 0.2) is 42.6 Å². The monoisotopic (exact) mass is 258 g/mol. The summed E-state index contributed by atoms with van der Waals surface area (Å²) in [5.41, 5.74) is 2.63. The Morgan fingerprint density at radius 1 is 1.16 bits per heavy atom. The molecule has 5 nitrogen and oxygen atoms in total. The van der Waals surface area contributed by atoms with E-state index >= 15 is 0 Å². The third-order valence-electron chi connectivity index (χ3n) is 2.68. The summed E-state index contributed by atoms with van der Waals surface area (Å²) in [4.78, 5) is 14.5. The first-order valence-electron chi connectivity index (χ1n) is 5.81. The number of carbonyl (C=O) groups is 1. The molecule has 5 heteroatoms. The van der Waals surface area contributed by atoms with E-state index in [4.69, 9.17) is 10.2 Å². The Hall–Kier alpha value is -2.40. The predicted molar refractivity (Wildman–Crippen MR) is 70.9 cm³/mol. The highest BCUT2D eigenvalue weighted by Crippen LogP contribution is 2.11. The van der Waals surface area contributed by atoms with Gasteiger partial charge in [0.1, 0.15) is 5.69 Å². The van der Waals surface area contributed by atoms with Crippen LogP contribution in [-0.4, -0.2) is 21.2 Å². The van der Waals surface area contributed by atoms with Gasteiger partial charge in [-0.3, -0.25) is 0 Å². The second kappa shape index (κ2) is 5.97. The summed E-state index contributed by atoms with van der Waals surface area (Å²) in [5, 5.41) is 20.9. The zero-order valence-corrected chi connectivity index (χ0v) is 10.2. The van der Waals surface area contributed by atoms with Crippen LogP contribution in [0.5, 0.6) is 0 Å². The van der Waals surface area contributed by atoms with Crippen molar-refractivity contribution >= 4 is 11.7 Å². The molecule has 0 radical (unpaired) electrons. The molecule has 0 bridgehead atoms. The van der Waals surface area contributed by atoms with Crippen molar-refractivity contribution in [2.45, 2.75) is 13.2 Å². The average Bonchev–Trinajstić information content (AvgIpc) is 2.46. The van der Waals surface area contributed by atoms with E-state index in [-0.39, 0.29) is 12.3 Å². The van der Waals surface area contributed by atoms with Gasteiger partial charge in [-0.05, 0) is 23.3 Å². The first-order chi connectivity index (χ1) is 9.19. The molecule has 0 saturated heterocycles. The van der Waals surface area contributed by atoms with E-state index in [1.165, 1.54) is 12.3 Å². The number of nitrogens with one attached hydrogen (secondary N) is 1. The summed E-state index contributed by atoms with van der Waals surface area (Å²) in [5.74, 6) is -1.05. The summed E-state index contributed by atoms with van der Waals surface area (Å²) >= 11 is 0. The van der Waals surface area contributed by atoms with Gasteiger partial charge in [-0.25, -0.2) is 9.78 Å². The van der Waals surface area contributed by atoms with Gasteiger partial charge in [0.25, 0.3) is 0 Å². The molecule has 19 heavy (non-hydrogen) atoms. The zero-order chi connectivity index (χ0) is 13.7. The number of nitrogens with zero attached hydrogens (tertiary/aromatic N) is 1. The number of carboxylic acid groups (broad SMARTS) is 1. The third kappa shape index (κ3) is 3.53. The van der Waals surface area contributed by atoms with Gasteiger partial charge in [0, 0.05) is 18.4 Å². The van der Waals surface area contributed by atoms with Gasteiger partial charge in [-0.2, -0.15) is 0 Å². The molecule has 0 aliphatic heterocycles. The van der Waals surface area contributed by atoms with Crippen LogP contribution >= 0.6 is 0 Å². The molecule has 0 fully saturated rings. The minimum atomic E-state index is -1.05. The van der Waals surface area contributed by atoms with Crippen LogP contribution in [0.4, 0.5) is 5.69 Å². The highest BCUT2D eigenvalue weighted by atomic mass is 16.4. The normalized spacial score (nSPS) is 10.2. The molecule has 0 saturated carbocycles. The maximum atomic E-state index is 10.8. The van der Waals surface area contributed by atoms with E-state index in [1.807, 2.05) is 24.3 Å². The molecular weight excluding hydrogens is 244 g/mol. The highest BCUT2D eigenvalue weighted by Gasteiger charge is 2.04. The van der Waals surface area contributed by atoms with Crippen molar-refractivity contribution in [1.29, 1.82) is 0 Å². The van der Waals surface area contributed by atoms with Crippen molar-refractivity contribution in [3.05, 3.63) is 59.4 Å². The molecule has 1 aromatic carbocycles. The van der Waals surface area contributed by atoms with Crippen LogP contribution in [0.3, 0.4) is 0 Å². The summed E-state index contributed by atoms with van der Waals surface area (Å²) < 4.78 is 0. The Bertz CT molecular complexity index is 567. The third-order valence-corrected chi connectivity index (χ3v) is 2.68. The van der Waals surface area contributed by atoms with Crippen LogP contribution < -0.4 is 5.32 Å². The van der Waals surface area contributed by atoms with E-state index in [9.17, 15) is 4.79 Å². The number of carboxylic acids is 1. The quantitative estimate of drug-likeness (QED) is 0.762. The Kier molecular flexibility index (Phi) is 4.10. The van der Waals surface area contributed by atoms with E-state index in [1.54, 1.807) is 6.07 Å². The van der Waals surface area contributed by atoms with E-state index in [0.29, 0.717) is 12.2 Å². The number of aromatic nitrogens is 1. The van der Waals surface area contributed by atoms with Crippen molar-refractivity contribution in [2.75, 3.05) is 5.32 Å². The molecule has 0 spiro atoms. The molecule has 1 heterocycles. The van der Waals surface area contributed by atoms with Crippen molar-refractivity contribution in [3.63, 3.8) is 0 Å². The first kappa shape index (κ1) is 13.0. The van der Waals surface area contributed by atoms with Crippen molar-refractivity contribution in [3.8, 4) is 0 Å². The Morgan fingerprint density at radius 3 is 2.47 bits per heavy atom. The average molecular weight is 258 g/mol. The van der Waals surface area contributed by atoms with Gasteiger partial charge in [0.05, 0.1) is 6.61 Å². The molecule has 2 aromatic rings. The minimum Gasteiger partial charge on any atom is -0.477 e. The topological polar surface area (TPSA) is 82.5 Å². The van der Waals surface area contributed by atoms with Crippen molar-refractivity contribution in [1.82, 2.24) is 4.98 Å². The standard InChI is InChI=1S/C14H14N2O3/c17-9-11-3-1-10(2-4-11)8-16-12-5-6-15-13(7-12)14(18)19/h1-7,17H,8-9H2,(H,15,16)(H,18,19). The number of aromatic carboxylic acids is 1. The minimum absolute atomic E-state index is 0.0145. The Balaban J connectivity index is 2.01. The van der Waals surface area contributed by atoms with Crippen LogP contribution in [0.25, 0.3) is 0 Å². The molecule has 2 rings (SSSR count). The number of anilines is 1. The van der Waals surface area contributed by atoms with Crippen LogP contribution in [0, 0.1) is 0 Å². The second-order valence-corrected chi connectivity index (χ2v) is 4.06. The molecule has 0 amide bonds. The SMILES string of the molecule is O=C(O)c1cc(NCc2ccc(CO)cc2)ccn1. The largest absolute Gasteiger partial charge is 0.477 e. The summed E-state index contributed by atoms with van der Waals surface area (Å²) in [6.45, 7) is 0.606. The predicted octanol–water partition coefficient (Wildman–Crippen LogP) is 1.88. The fourth-order valence-electron chi connectivity index (χ4n) is 1.62. The molecule has 0 atom stereocenters. The van der Waals surface area contributed by atoms with E-state index < -0.39 is 5.97 Å². The first-order valence-corrected chi connectivity index (χ1v) is 5.81. The highest BCUT2D eigenvalue weighted by molar-refractivity contribution is 5.86. The number of benzene rings is 1. The molecule has 0 aliphatic rings. The van der Waals surface area contributed by atoms with Crippen molar-refractivity contribution in [2.24, 2.45) is 0 Å². The van der Waals surface area contributed by atoms with E-state index in [2.05, 4.69) is 10.3 Å². The molecule has 0 unspecified atom stereocenters. The van der Waals surface area contributed by atoms with Gasteiger partial charge in [-0.15, -0.1) is 0 Å². The Labute approximate surface area is 110 Å². The lowest BCUT2D eigenvalue weighted by molar-refractivity contribution is 0.0690. The Morgan fingerprint density at radius 2 is 1.84 bits per heavy atom. The van der Waals surface area contributed by atoms with E-state index in [0.717, 1.165) is 11.1 Å². The lowest BCUT2D eigenvalue weighted by Crippen LogP contribution is -2.04. The fourth-order valence-corrected chi connectivity index (χ4v) is 1.62. The van der Waals surface area contributed by atoms with Crippen LogP contribution in [0.2, 0.25) is 0 Å². The summed E-state index contributed by atoms with van der Waals surface area (Å²) in [6.07, 6.45) is 1.46. The summed E-state index contributed by atoms with van der Waals surface area (Å²) in [6, 6.07) is 10.7. The molecule has 1 aromatic heterocycles. The molecule has 98 valence electrons. The van der Waals surface area contributed by atoms with Gasteiger partial charge >= 0.3 is 5.97 Å². The maximum Gasteiger partial charge on any atom is 0.354 e. The molecule has 3 N–H and O–H groups in total. The number of rotatable bonds is 5. The van der Waals surface area contributed by atoms with Gasteiger partial charge in [0.15, 0.2) is 0 Å². The lowest BCUT2D eigenvalue weighted by Gasteiger charge is -2.07. The number of hydrogen-bond donors (Lipinski definition) is 3. The smallest absolute Gasteiger partial charge is 0.354 e. The number of hydrogen-bond acceptors (Lipinski definition) is 4. The lowest BCUT2D eigenvalue weighted by atomic mass is 10.1. The van der Waals surface area contributed by atoms with Crippen molar-refractivity contribution < 1.29 is 15.0 Å². The second-order valence-electron chi connectivity index (χ2n) is 4.06. The zero-order valence-electron chi connectivity index (χ0n) is 10.2. The molecule has 0 aliphatic carbocycles. The number of aliphatic hydroxyl groups is 1. The van der Waals surface area contributed by atoms with Gasteiger partial charge < -0.3 is 15.5 Å². The van der Waals surface area contributed by atoms with Gasteiger partial charge in [0.2, 0.25) is 0 Å². The molecular formula is C14H14N2O3. The van der Waals surface area contributed by atoms with Crippen LogP contribution in [0.1, 0.15) is 21.6 Å². The maximum absolute atomic E-state index is 10.8. The van der Waals surface area contributed by atoms with Gasteiger partial charge in [-0.1, -0.05) is 24.3 Å². The summed E-state index contributed by atoms with van der Waals surface area (Å²) in [7, 11) is 0. The number of pyridine rings is 1. The fraction of sp³-hybridized carbons (Fsp3) is 0.143.